The predicted octanol–water partition coefficient (Wildman–Crippen LogP) is 2.28. The molecule has 7 heteroatoms. The number of aromatic nitrogens is 3. The molecule has 1 aromatic carbocycles. The number of carbonyl (C=O) groups excluding carboxylic acids is 1. The molecule has 1 aliphatic heterocycles. The van der Waals surface area contributed by atoms with Crippen molar-refractivity contribution in [3.63, 3.8) is 0 Å². The molecule has 1 amide bonds. The summed E-state index contributed by atoms with van der Waals surface area (Å²) in [7, 11) is 0. The standard InChI is InChI=1S/C17H16N4O3/c22-17(14-7-6-13(19-14)12-4-2-1-3-5-12)21-8-9-23-10-15(21)16-18-11-24-20-16/h1-7,11,15,19H,8-10H2. The van der Waals surface area contributed by atoms with Crippen LogP contribution in [0.4, 0.5) is 0 Å². The van der Waals surface area contributed by atoms with Crippen molar-refractivity contribution < 1.29 is 14.1 Å². The van der Waals surface area contributed by atoms with Crippen LogP contribution in [0.25, 0.3) is 11.3 Å². The van der Waals surface area contributed by atoms with Crippen LogP contribution < -0.4 is 0 Å². The number of carbonyl (C=O) groups is 1. The Hall–Kier alpha value is -2.93. The van der Waals surface area contributed by atoms with Gasteiger partial charge in [-0.05, 0) is 17.7 Å². The van der Waals surface area contributed by atoms with Crippen molar-refractivity contribution in [3.05, 3.63) is 60.4 Å². The lowest BCUT2D eigenvalue weighted by atomic mass is 10.2. The first-order valence-electron chi connectivity index (χ1n) is 7.72. The van der Waals surface area contributed by atoms with Crippen molar-refractivity contribution in [1.29, 1.82) is 0 Å². The van der Waals surface area contributed by atoms with Gasteiger partial charge in [-0.1, -0.05) is 35.5 Å². The molecule has 4 rings (SSSR count). The van der Waals surface area contributed by atoms with E-state index in [-0.39, 0.29) is 11.9 Å². The van der Waals surface area contributed by atoms with Crippen molar-refractivity contribution in [3.8, 4) is 11.3 Å². The van der Waals surface area contributed by atoms with E-state index in [1.165, 1.54) is 6.39 Å². The molecule has 0 aliphatic carbocycles. The number of nitrogens with one attached hydrogen (secondary N) is 1. The molecule has 0 saturated carbocycles. The van der Waals surface area contributed by atoms with Crippen molar-refractivity contribution in [1.82, 2.24) is 20.0 Å². The minimum Gasteiger partial charge on any atom is -0.377 e. The van der Waals surface area contributed by atoms with Gasteiger partial charge in [-0.3, -0.25) is 4.79 Å². The summed E-state index contributed by atoms with van der Waals surface area (Å²) in [4.78, 5) is 21.9. The molecule has 1 atom stereocenters. The molecule has 0 spiro atoms. The number of rotatable bonds is 3. The molecular weight excluding hydrogens is 308 g/mol. The van der Waals surface area contributed by atoms with Crippen LogP contribution >= 0.6 is 0 Å². The minimum atomic E-state index is -0.339. The van der Waals surface area contributed by atoms with Crippen LogP contribution in [0.5, 0.6) is 0 Å². The van der Waals surface area contributed by atoms with Crippen LogP contribution in [0.15, 0.2) is 53.4 Å². The summed E-state index contributed by atoms with van der Waals surface area (Å²) < 4.78 is 10.3. The number of aromatic amines is 1. The zero-order valence-electron chi connectivity index (χ0n) is 12.9. The average molecular weight is 324 g/mol. The average Bonchev–Trinajstić information content (AvgIpc) is 3.34. The molecule has 0 radical (unpaired) electrons. The van der Waals surface area contributed by atoms with Crippen LogP contribution in [0.2, 0.25) is 0 Å². The first kappa shape index (κ1) is 14.6. The van der Waals surface area contributed by atoms with Gasteiger partial charge in [0.05, 0.1) is 13.2 Å². The third-order valence-electron chi connectivity index (χ3n) is 4.07. The Balaban J connectivity index is 1.59. The quantitative estimate of drug-likeness (QED) is 0.799. The summed E-state index contributed by atoms with van der Waals surface area (Å²) in [6, 6.07) is 13.3. The molecule has 122 valence electrons. The van der Waals surface area contributed by atoms with E-state index < -0.39 is 0 Å². The van der Waals surface area contributed by atoms with Gasteiger partial charge < -0.3 is 19.1 Å². The number of H-pyrrole nitrogens is 1. The number of hydrogen-bond acceptors (Lipinski definition) is 5. The number of nitrogens with zero attached hydrogens (tertiary/aromatic N) is 3. The van der Waals surface area contributed by atoms with E-state index in [0.29, 0.717) is 31.3 Å². The molecule has 1 saturated heterocycles. The number of hydrogen-bond donors (Lipinski definition) is 1. The largest absolute Gasteiger partial charge is 0.377 e. The molecule has 7 nitrogen and oxygen atoms in total. The predicted molar refractivity (Wildman–Crippen MR) is 85.1 cm³/mol. The molecule has 2 aromatic heterocycles. The SMILES string of the molecule is O=C(c1ccc(-c2ccccc2)[nH]1)N1CCOCC1c1ncon1. The van der Waals surface area contributed by atoms with Gasteiger partial charge in [0.2, 0.25) is 6.39 Å². The van der Waals surface area contributed by atoms with E-state index in [2.05, 4.69) is 15.1 Å². The maximum atomic E-state index is 12.9. The van der Waals surface area contributed by atoms with Gasteiger partial charge in [-0.25, -0.2) is 0 Å². The van der Waals surface area contributed by atoms with Gasteiger partial charge >= 0.3 is 0 Å². The van der Waals surface area contributed by atoms with E-state index in [1.807, 2.05) is 36.4 Å². The van der Waals surface area contributed by atoms with E-state index in [1.54, 1.807) is 11.0 Å². The van der Waals surface area contributed by atoms with Crippen LogP contribution in [0.3, 0.4) is 0 Å². The molecule has 1 N–H and O–H groups in total. The van der Waals surface area contributed by atoms with Crippen molar-refractivity contribution in [2.45, 2.75) is 6.04 Å². The van der Waals surface area contributed by atoms with Gasteiger partial charge in [-0.2, -0.15) is 4.98 Å². The van der Waals surface area contributed by atoms with E-state index in [9.17, 15) is 4.79 Å². The van der Waals surface area contributed by atoms with E-state index in [4.69, 9.17) is 9.26 Å². The van der Waals surface area contributed by atoms with E-state index >= 15 is 0 Å². The zero-order chi connectivity index (χ0) is 16.4. The summed E-state index contributed by atoms with van der Waals surface area (Å²) >= 11 is 0. The normalized spacial score (nSPS) is 17.8. The maximum absolute atomic E-state index is 12.9. The third kappa shape index (κ3) is 2.69. The lowest BCUT2D eigenvalue weighted by molar-refractivity contribution is -0.00603. The highest BCUT2D eigenvalue weighted by Crippen LogP contribution is 2.25. The summed E-state index contributed by atoms with van der Waals surface area (Å²) in [5.74, 6) is 0.355. The summed E-state index contributed by atoms with van der Waals surface area (Å²) in [5.41, 5.74) is 2.47. The van der Waals surface area contributed by atoms with Crippen molar-refractivity contribution in [2.24, 2.45) is 0 Å². The topological polar surface area (TPSA) is 84.2 Å². The molecule has 1 fully saturated rings. The first-order valence-corrected chi connectivity index (χ1v) is 7.72. The first-order chi connectivity index (χ1) is 11.8. The highest BCUT2D eigenvalue weighted by atomic mass is 16.5. The van der Waals surface area contributed by atoms with Crippen molar-refractivity contribution >= 4 is 5.91 Å². The Morgan fingerprint density at radius 3 is 2.88 bits per heavy atom. The molecule has 1 unspecified atom stereocenters. The summed E-state index contributed by atoms with van der Waals surface area (Å²) in [5, 5.41) is 3.85. The number of benzene rings is 1. The van der Waals surface area contributed by atoms with Crippen LogP contribution in [-0.2, 0) is 4.74 Å². The second-order valence-electron chi connectivity index (χ2n) is 5.53. The highest BCUT2D eigenvalue weighted by Gasteiger charge is 2.32. The van der Waals surface area contributed by atoms with Gasteiger partial charge in [-0.15, -0.1) is 0 Å². The summed E-state index contributed by atoms with van der Waals surface area (Å²) in [6.07, 6.45) is 1.26. The molecular formula is C17H16N4O3. The minimum absolute atomic E-state index is 0.102. The molecule has 3 aromatic rings. The monoisotopic (exact) mass is 324 g/mol. The van der Waals surface area contributed by atoms with Crippen LogP contribution in [-0.4, -0.2) is 45.7 Å². The highest BCUT2D eigenvalue weighted by molar-refractivity contribution is 5.93. The Morgan fingerprint density at radius 2 is 2.08 bits per heavy atom. The molecule has 1 aliphatic rings. The number of ether oxygens (including phenoxy) is 1. The Kier molecular flexibility index (Phi) is 3.84. The smallest absolute Gasteiger partial charge is 0.271 e. The second kappa shape index (κ2) is 6.29. The summed E-state index contributed by atoms with van der Waals surface area (Å²) in [6.45, 7) is 1.33. The van der Waals surface area contributed by atoms with Gasteiger partial charge in [0, 0.05) is 12.2 Å². The van der Waals surface area contributed by atoms with Crippen LogP contribution in [0, 0.1) is 0 Å². The fraction of sp³-hybridized carbons (Fsp3) is 0.235. The maximum Gasteiger partial charge on any atom is 0.271 e. The lowest BCUT2D eigenvalue weighted by Gasteiger charge is -2.33. The van der Waals surface area contributed by atoms with Gasteiger partial charge in [0.25, 0.3) is 5.91 Å². The van der Waals surface area contributed by atoms with Crippen molar-refractivity contribution in [2.75, 3.05) is 19.8 Å². The molecule has 3 heterocycles. The van der Waals surface area contributed by atoms with Gasteiger partial charge in [0.15, 0.2) is 5.82 Å². The molecule has 0 bridgehead atoms. The Morgan fingerprint density at radius 1 is 1.21 bits per heavy atom. The van der Waals surface area contributed by atoms with Gasteiger partial charge in [0.1, 0.15) is 11.7 Å². The molecule has 24 heavy (non-hydrogen) atoms. The number of amides is 1. The Bertz CT molecular complexity index is 814. The fourth-order valence-electron chi connectivity index (χ4n) is 2.85. The van der Waals surface area contributed by atoms with E-state index in [0.717, 1.165) is 11.3 Å². The van der Waals surface area contributed by atoms with Crippen LogP contribution in [0.1, 0.15) is 22.4 Å². The fourth-order valence-corrected chi connectivity index (χ4v) is 2.85. The lowest BCUT2D eigenvalue weighted by Crippen LogP contribution is -2.44. The third-order valence-corrected chi connectivity index (χ3v) is 4.07. The number of morpholine rings is 1. The Labute approximate surface area is 138 Å². The second-order valence-corrected chi connectivity index (χ2v) is 5.53. The zero-order valence-corrected chi connectivity index (χ0v) is 12.9.